The van der Waals surface area contributed by atoms with Crippen LogP contribution in [0.3, 0.4) is 0 Å². The number of guanidine groups is 1. The number of halogens is 1. The van der Waals surface area contributed by atoms with E-state index in [0.29, 0.717) is 24.8 Å². The number of amides is 1. The number of carbonyl (C=O) groups is 1. The average Bonchev–Trinajstić information content (AvgIpc) is 3.48. The minimum absolute atomic E-state index is 0.0463. The number of nitrogens with zero attached hydrogens (tertiary/aromatic N) is 4. The highest BCUT2D eigenvalue weighted by Gasteiger charge is 2.27. The summed E-state index contributed by atoms with van der Waals surface area (Å²) in [6, 6.07) is 9.55. The van der Waals surface area contributed by atoms with E-state index in [1.165, 1.54) is 17.5 Å². The second-order valence-corrected chi connectivity index (χ2v) is 8.65. The molecule has 0 saturated carbocycles. The number of piperazine rings is 1. The van der Waals surface area contributed by atoms with Crippen LogP contribution in [0.1, 0.15) is 22.5 Å². The van der Waals surface area contributed by atoms with E-state index in [-0.39, 0.29) is 5.91 Å². The fourth-order valence-electron chi connectivity index (χ4n) is 4.39. The molecular formula is C23H30ClN5O2. The maximum absolute atomic E-state index is 12.5. The fourth-order valence-corrected chi connectivity index (χ4v) is 4.55. The zero-order valence-corrected chi connectivity index (χ0v) is 18.9. The summed E-state index contributed by atoms with van der Waals surface area (Å²) in [6.45, 7) is 7.90. The van der Waals surface area contributed by atoms with E-state index < -0.39 is 0 Å². The second kappa shape index (κ2) is 9.64. The Balaban J connectivity index is 1.26. The number of rotatable bonds is 4. The molecule has 1 atom stereocenters. The Kier molecular flexibility index (Phi) is 6.70. The third-order valence-corrected chi connectivity index (χ3v) is 6.39. The summed E-state index contributed by atoms with van der Waals surface area (Å²) in [7, 11) is 1.82. The van der Waals surface area contributed by atoms with Gasteiger partial charge in [-0.15, -0.1) is 0 Å². The molecule has 8 heteroatoms. The molecule has 0 spiro atoms. The SMILES string of the molecule is CN=C(NCC1CCN(c2cc(Cl)ccc2C)C1)N1CCN(C(=O)c2ccco2)CC1. The van der Waals surface area contributed by atoms with E-state index in [4.69, 9.17) is 16.0 Å². The van der Waals surface area contributed by atoms with Crippen molar-refractivity contribution in [3.63, 3.8) is 0 Å². The molecule has 2 aliphatic heterocycles. The first-order valence-corrected chi connectivity index (χ1v) is 11.2. The van der Waals surface area contributed by atoms with Crippen LogP contribution in [0.5, 0.6) is 0 Å². The van der Waals surface area contributed by atoms with E-state index in [9.17, 15) is 4.79 Å². The van der Waals surface area contributed by atoms with E-state index in [2.05, 4.69) is 39.2 Å². The topological polar surface area (TPSA) is 64.3 Å². The van der Waals surface area contributed by atoms with Crippen LogP contribution in [0.25, 0.3) is 0 Å². The number of benzene rings is 1. The quantitative estimate of drug-likeness (QED) is 0.581. The maximum atomic E-state index is 12.5. The molecule has 0 aliphatic carbocycles. The molecule has 0 bridgehead atoms. The number of anilines is 1. The molecule has 7 nitrogen and oxygen atoms in total. The normalized spacial score (nSPS) is 19.8. The Morgan fingerprint density at radius 1 is 1.19 bits per heavy atom. The molecule has 2 fully saturated rings. The highest BCUT2D eigenvalue weighted by molar-refractivity contribution is 6.30. The Hall–Kier alpha value is -2.67. The van der Waals surface area contributed by atoms with Crippen LogP contribution in [0.4, 0.5) is 5.69 Å². The number of aryl methyl sites for hydroxylation is 1. The zero-order chi connectivity index (χ0) is 21.8. The van der Waals surface area contributed by atoms with Crippen LogP contribution in [0.15, 0.2) is 46.0 Å². The van der Waals surface area contributed by atoms with Crippen molar-refractivity contribution >= 4 is 29.2 Å². The molecule has 166 valence electrons. The number of carbonyl (C=O) groups excluding carboxylic acids is 1. The molecule has 2 aliphatic rings. The van der Waals surface area contributed by atoms with Crippen molar-refractivity contribution in [3.8, 4) is 0 Å². The van der Waals surface area contributed by atoms with Gasteiger partial charge in [-0.25, -0.2) is 0 Å². The fraction of sp³-hybridized carbons (Fsp3) is 0.478. The molecule has 0 radical (unpaired) electrons. The lowest BCUT2D eigenvalue weighted by molar-refractivity contribution is 0.0657. The van der Waals surface area contributed by atoms with E-state index in [0.717, 1.165) is 50.1 Å². The Labute approximate surface area is 188 Å². The molecule has 1 amide bonds. The van der Waals surface area contributed by atoms with Gasteiger partial charge in [0.05, 0.1) is 6.26 Å². The predicted octanol–water partition coefficient (Wildman–Crippen LogP) is 3.10. The summed E-state index contributed by atoms with van der Waals surface area (Å²) >= 11 is 6.21. The summed E-state index contributed by atoms with van der Waals surface area (Å²) in [5.41, 5.74) is 2.49. The van der Waals surface area contributed by atoms with Crippen molar-refractivity contribution in [3.05, 3.63) is 52.9 Å². The molecule has 2 saturated heterocycles. The highest BCUT2D eigenvalue weighted by Crippen LogP contribution is 2.29. The summed E-state index contributed by atoms with van der Waals surface area (Å²) in [4.78, 5) is 23.4. The van der Waals surface area contributed by atoms with Gasteiger partial charge in [0.1, 0.15) is 0 Å². The standard InChI is InChI=1S/C23H30ClN5O2/c1-17-5-6-19(24)14-20(17)29-8-7-18(16-29)15-26-23(25-2)28-11-9-27(10-12-28)22(30)21-4-3-13-31-21/h3-6,13-14,18H,7-12,15-16H2,1-2H3,(H,25,26). The first-order valence-electron chi connectivity index (χ1n) is 10.8. The Morgan fingerprint density at radius 3 is 2.68 bits per heavy atom. The lowest BCUT2D eigenvalue weighted by Crippen LogP contribution is -2.54. The molecule has 31 heavy (non-hydrogen) atoms. The lowest BCUT2D eigenvalue weighted by atomic mass is 10.1. The molecule has 4 rings (SSSR count). The molecule has 1 N–H and O–H groups in total. The van der Waals surface area contributed by atoms with Crippen LogP contribution in [0, 0.1) is 12.8 Å². The number of nitrogens with one attached hydrogen (secondary N) is 1. The van der Waals surface area contributed by atoms with Crippen LogP contribution >= 0.6 is 11.6 Å². The summed E-state index contributed by atoms with van der Waals surface area (Å²) in [5, 5.41) is 4.34. The van der Waals surface area contributed by atoms with Gasteiger partial charge in [0.25, 0.3) is 5.91 Å². The van der Waals surface area contributed by atoms with Crippen molar-refractivity contribution < 1.29 is 9.21 Å². The molecule has 1 aromatic carbocycles. The highest BCUT2D eigenvalue weighted by atomic mass is 35.5. The van der Waals surface area contributed by atoms with Crippen LogP contribution in [-0.2, 0) is 0 Å². The van der Waals surface area contributed by atoms with Gasteiger partial charge in [0, 0.05) is 63.6 Å². The summed E-state index contributed by atoms with van der Waals surface area (Å²) in [6.07, 6.45) is 2.68. The van der Waals surface area contributed by atoms with Gasteiger partial charge in [-0.2, -0.15) is 0 Å². The number of furan rings is 1. The van der Waals surface area contributed by atoms with Gasteiger partial charge in [0.2, 0.25) is 0 Å². The molecule has 2 aromatic rings. The monoisotopic (exact) mass is 443 g/mol. The number of hydrogen-bond acceptors (Lipinski definition) is 4. The van der Waals surface area contributed by atoms with Crippen molar-refractivity contribution in [1.29, 1.82) is 0 Å². The van der Waals surface area contributed by atoms with Gasteiger partial charge in [-0.05, 0) is 49.1 Å². The van der Waals surface area contributed by atoms with Crippen molar-refractivity contribution in [2.24, 2.45) is 10.9 Å². The van der Waals surface area contributed by atoms with Crippen molar-refractivity contribution in [2.75, 3.05) is 57.8 Å². The molecular weight excluding hydrogens is 414 g/mol. The molecule has 3 heterocycles. The third kappa shape index (κ3) is 4.98. The number of aliphatic imine (C=N–C) groups is 1. The van der Waals surface area contributed by atoms with Gasteiger partial charge in [-0.1, -0.05) is 17.7 Å². The van der Waals surface area contributed by atoms with Gasteiger partial charge in [-0.3, -0.25) is 9.79 Å². The predicted molar refractivity (Wildman–Crippen MR) is 124 cm³/mol. The van der Waals surface area contributed by atoms with Gasteiger partial charge in [0.15, 0.2) is 11.7 Å². The average molecular weight is 444 g/mol. The van der Waals surface area contributed by atoms with E-state index in [1.54, 1.807) is 12.1 Å². The van der Waals surface area contributed by atoms with Gasteiger partial charge >= 0.3 is 0 Å². The minimum atomic E-state index is -0.0463. The van der Waals surface area contributed by atoms with Crippen molar-refractivity contribution in [2.45, 2.75) is 13.3 Å². The first-order chi connectivity index (χ1) is 15.0. The number of hydrogen-bond donors (Lipinski definition) is 1. The second-order valence-electron chi connectivity index (χ2n) is 8.22. The lowest BCUT2D eigenvalue weighted by Gasteiger charge is -2.36. The van der Waals surface area contributed by atoms with Crippen molar-refractivity contribution in [1.82, 2.24) is 15.1 Å². The Bertz CT molecular complexity index is 922. The smallest absolute Gasteiger partial charge is 0.289 e. The maximum Gasteiger partial charge on any atom is 0.289 e. The van der Waals surface area contributed by atoms with Crippen LogP contribution in [-0.4, -0.2) is 74.5 Å². The summed E-state index contributed by atoms with van der Waals surface area (Å²) in [5.74, 6) is 1.81. The third-order valence-electron chi connectivity index (χ3n) is 6.16. The molecule has 1 aromatic heterocycles. The Morgan fingerprint density at radius 2 is 1.97 bits per heavy atom. The molecule has 1 unspecified atom stereocenters. The zero-order valence-electron chi connectivity index (χ0n) is 18.2. The van der Waals surface area contributed by atoms with E-state index in [1.807, 2.05) is 18.0 Å². The van der Waals surface area contributed by atoms with Gasteiger partial charge < -0.3 is 24.4 Å². The van der Waals surface area contributed by atoms with E-state index >= 15 is 0 Å². The minimum Gasteiger partial charge on any atom is -0.459 e. The largest absolute Gasteiger partial charge is 0.459 e. The summed E-state index contributed by atoms with van der Waals surface area (Å²) < 4.78 is 5.24. The van der Waals surface area contributed by atoms with Crippen LogP contribution < -0.4 is 10.2 Å². The first kappa shape index (κ1) is 21.6. The van der Waals surface area contributed by atoms with Crippen LogP contribution in [0.2, 0.25) is 5.02 Å².